The Balaban J connectivity index is 0.00000288. The number of nitrogens with zero attached hydrogens (tertiary/aromatic N) is 1. The number of benzene rings is 1. The first kappa shape index (κ1) is 20.7. The van der Waals surface area contributed by atoms with E-state index >= 15 is 0 Å². The SMILES string of the molecule is COc1ccc(S(=O)(=O)CC(C)C(=O)N2CCCC2CN)cc1.Cl. The number of halogens is 1. The van der Waals surface area contributed by atoms with Gasteiger partial charge in [0.05, 0.1) is 17.8 Å². The molecular weight excluding hydrogens is 352 g/mol. The molecule has 2 unspecified atom stereocenters. The van der Waals surface area contributed by atoms with Crippen LogP contribution in [0.15, 0.2) is 29.2 Å². The van der Waals surface area contributed by atoms with E-state index in [0.29, 0.717) is 18.8 Å². The second kappa shape index (κ2) is 8.69. The van der Waals surface area contributed by atoms with Gasteiger partial charge >= 0.3 is 0 Å². The van der Waals surface area contributed by atoms with Crippen LogP contribution >= 0.6 is 12.4 Å². The number of carbonyl (C=O) groups excluding carboxylic acids is 1. The second-order valence-corrected chi connectivity index (χ2v) is 7.96. The third-order valence-electron chi connectivity index (χ3n) is 4.24. The lowest BCUT2D eigenvalue weighted by Crippen LogP contribution is -2.43. The summed E-state index contributed by atoms with van der Waals surface area (Å²) in [4.78, 5) is 14.4. The molecule has 1 aromatic rings. The molecule has 1 aliphatic rings. The van der Waals surface area contributed by atoms with Crippen molar-refractivity contribution in [1.82, 2.24) is 4.90 Å². The highest BCUT2D eigenvalue weighted by Crippen LogP contribution is 2.22. The Morgan fingerprint density at radius 1 is 1.38 bits per heavy atom. The number of carbonyl (C=O) groups is 1. The lowest BCUT2D eigenvalue weighted by atomic mass is 10.1. The number of hydrogen-bond acceptors (Lipinski definition) is 5. The predicted molar refractivity (Wildman–Crippen MR) is 95.2 cm³/mol. The Morgan fingerprint density at radius 3 is 2.54 bits per heavy atom. The van der Waals surface area contributed by atoms with Crippen LogP contribution in [-0.2, 0) is 14.6 Å². The average molecular weight is 377 g/mol. The highest BCUT2D eigenvalue weighted by molar-refractivity contribution is 7.91. The van der Waals surface area contributed by atoms with E-state index in [2.05, 4.69) is 0 Å². The van der Waals surface area contributed by atoms with Gasteiger partial charge in [-0.2, -0.15) is 0 Å². The van der Waals surface area contributed by atoms with E-state index in [1.54, 1.807) is 24.0 Å². The van der Waals surface area contributed by atoms with Gasteiger partial charge in [0.25, 0.3) is 0 Å². The maximum atomic E-state index is 12.5. The molecule has 6 nitrogen and oxygen atoms in total. The standard InChI is InChI=1S/C16H24N2O4S.ClH/c1-12(16(19)18-9-3-4-13(18)10-17)11-23(20,21)15-7-5-14(22-2)6-8-15;/h5-8,12-13H,3-4,9-11,17H2,1-2H3;1H. The van der Waals surface area contributed by atoms with E-state index in [0.717, 1.165) is 12.8 Å². The van der Waals surface area contributed by atoms with Crippen molar-refractivity contribution >= 4 is 28.2 Å². The number of rotatable bonds is 6. The van der Waals surface area contributed by atoms with Crippen LogP contribution < -0.4 is 10.5 Å². The van der Waals surface area contributed by atoms with Crippen LogP contribution in [0.4, 0.5) is 0 Å². The molecule has 0 radical (unpaired) electrons. The number of amides is 1. The lowest BCUT2D eigenvalue weighted by molar-refractivity contribution is -0.135. The van der Waals surface area contributed by atoms with Gasteiger partial charge in [0, 0.05) is 25.0 Å². The molecule has 1 saturated heterocycles. The zero-order chi connectivity index (χ0) is 17.0. The molecule has 24 heavy (non-hydrogen) atoms. The Labute approximate surface area is 149 Å². The van der Waals surface area contributed by atoms with E-state index in [9.17, 15) is 13.2 Å². The van der Waals surface area contributed by atoms with Gasteiger partial charge in [-0.15, -0.1) is 12.4 Å². The summed E-state index contributed by atoms with van der Waals surface area (Å²) in [6.07, 6.45) is 1.81. The largest absolute Gasteiger partial charge is 0.497 e. The molecule has 1 fully saturated rings. The first-order valence-corrected chi connectivity index (χ1v) is 9.41. The fourth-order valence-corrected chi connectivity index (χ4v) is 4.48. The maximum absolute atomic E-state index is 12.5. The highest BCUT2D eigenvalue weighted by Gasteiger charge is 2.32. The Kier molecular flexibility index (Phi) is 7.51. The van der Waals surface area contributed by atoms with Crippen molar-refractivity contribution in [3.63, 3.8) is 0 Å². The minimum Gasteiger partial charge on any atom is -0.497 e. The zero-order valence-corrected chi connectivity index (χ0v) is 15.6. The van der Waals surface area contributed by atoms with Crippen LogP contribution in [0.5, 0.6) is 5.75 Å². The van der Waals surface area contributed by atoms with Crippen molar-refractivity contribution in [2.45, 2.75) is 30.7 Å². The Hall–Kier alpha value is -1.31. The minimum atomic E-state index is -3.52. The van der Waals surface area contributed by atoms with Crippen LogP contribution in [0, 0.1) is 5.92 Å². The summed E-state index contributed by atoms with van der Waals surface area (Å²) in [6.45, 7) is 2.74. The van der Waals surface area contributed by atoms with E-state index in [1.165, 1.54) is 19.2 Å². The van der Waals surface area contributed by atoms with E-state index in [1.807, 2.05) is 0 Å². The summed E-state index contributed by atoms with van der Waals surface area (Å²) in [6, 6.07) is 6.25. The van der Waals surface area contributed by atoms with Crippen molar-refractivity contribution in [3.8, 4) is 5.75 Å². The van der Waals surface area contributed by atoms with Crippen LogP contribution in [-0.4, -0.2) is 51.2 Å². The topological polar surface area (TPSA) is 89.7 Å². The summed E-state index contributed by atoms with van der Waals surface area (Å²) in [5, 5.41) is 0. The molecule has 2 N–H and O–H groups in total. The van der Waals surface area contributed by atoms with E-state index < -0.39 is 15.8 Å². The molecule has 8 heteroatoms. The van der Waals surface area contributed by atoms with E-state index in [-0.39, 0.29) is 35.0 Å². The molecule has 1 aliphatic heterocycles. The maximum Gasteiger partial charge on any atom is 0.226 e. The molecule has 1 amide bonds. The van der Waals surface area contributed by atoms with Crippen LogP contribution in [0.1, 0.15) is 19.8 Å². The summed E-state index contributed by atoms with van der Waals surface area (Å²) in [7, 11) is -2.00. The first-order valence-electron chi connectivity index (χ1n) is 7.76. The van der Waals surface area contributed by atoms with E-state index in [4.69, 9.17) is 10.5 Å². The summed E-state index contributed by atoms with van der Waals surface area (Å²) in [5.74, 6) is -0.327. The Bertz CT molecular complexity index is 649. The van der Waals surface area contributed by atoms with Gasteiger partial charge in [0.2, 0.25) is 5.91 Å². The third-order valence-corrected chi connectivity index (χ3v) is 6.17. The lowest BCUT2D eigenvalue weighted by Gasteiger charge is -2.26. The van der Waals surface area contributed by atoms with Gasteiger partial charge in [-0.05, 0) is 37.1 Å². The third kappa shape index (κ3) is 4.62. The average Bonchev–Trinajstić information content (AvgIpc) is 3.02. The number of ether oxygens (including phenoxy) is 1. The summed E-state index contributed by atoms with van der Waals surface area (Å²) < 4.78 is 30.0. The van der Waals surface area contributed by atoms with Gasteiger partial charge in [-0.3, -0.25) is 4.79 Å². The van der Waals surface area contributed by atoms with Crippen LogP contribution in [0.2, 0.25) is 0 Å². The highest BCUT2D eigenvalue weighted by atomic mass is 35.5. The molecule has 0 aliphatic carbocycles. The normalized spacial score (nSPS) is 18.8. The molecule has 1 aromatic carbocycles. The van der Waals surface area contributed by atoms with Gasteiger partial charge in [-0.1, -0.05) is 6.92 Å². The molecule has 0 saturated carbocycles. The van der Waals surface area contributed by atoms with Crippen molar-refractivity contribution in [2.24, 2.45) is 11.7 Å². The number of likely N-dealkylation sites (tertiary alicyclic amines) is 1. The molecule has 0 spiro atoms. The van der Waals surface area contributed by atoms with Crippen molar-refractivity contribution in [2.75, 3.05) is 26.0 Å². The zero-order valence-electron chi connectivity index (χ0n) is 14.0. The van der Waals surface area contributed by atoms with Gasteiger partial charge in [-0.25, -0.2) is 8.42 Å². The summed E-state index contributed by atoms with van der Waals surface area (Å²) in [5.41, 5.74) is 5.68. The van der Waals surface area contributed by atoms with Gasteiger partial charge in [0.1, 0.15) is 5.75 Å². The monoisotopic (exact) mass is 376 g/mol. The van der Waals surface area contributed by atoms with Crippen molar-refractivity contribution in [1.29, 1.82) is 0 Å². The van der Waals surface area contributed by atoms with Gasteiger partial charge in [0.15, 0.2) is 9.84 Å². The molecule has 136 valence electrons. The van der Waals surface area contributed by atoms with Crippen molar-refractivity contribution in [3.05, 3.63) is 24.3 Å². The quantitative estimate of drug-likeness (QED) is 0.812. The molecular formula is C16H25ClN2O4S. The summed E-state index contributed by atoms with van der Waals surface area (Å²) >= 11 is 0. The number of sulfone groups is 1. The minimum absolute atomic E-state index is 0. The fraction of sp³-hybridized carbons (Fsp3) is 0.562. The number of nitrogens with two attached hydrogens (primary N) is 1. The second-order valence-electron chi connectivity index (χ2n) is 5.92. The van der Waals surface area contributed by atoms with Crippen LogP contribution in [0.25, 0.3) is 0 Å². The number of methoxy groups -OCH3 is 1. The molecule has 1 heterocycles. The predicted octanol–water partition coefficient (Wildman–Crippen LogP) is 1.48. The van der Waals surface area contributed by atoms with Crippen LogP contribution in [0.3, 0.4) is 0 Å². The first-order chi connectivity index (χ1) is 10.9. The molecule has 2 atom stereocenters. The fourth-order valence-electron chi connectivity index (χ4n) is 2.93. The van der Waals surface area contributed by atoms with Crippen molar-refractivity contribution < 1.29 is 17.9 Å². The Morgan fingerprint density at radius 2 is 2.00 bits per heavy atom. The van der Waals surface area contributed by atoms with Gasteiger partial charge < -0.3 is 15.4 Å². The molecule has 0 bridgehead atoms. The number of hydrogen-bond donors (Lipinski definition) is 1. The smallest absolute Gasteiger partial charge is 0.226 e. The molecule has 2 rings (SSSR count). The molecule has 0 aromatic heterocycles.